The Labute approximate surface area is 105 Å². The third-order valence-corrected chi connectivity index (χ3v) is 2.74. The maximum atomic E-state index is 10.8. The van der Waals surface area contributed by atoms with Crippen LogP contribution in [0.4, 0.5) is 0 Å². The van der Waals surface area contributed by atoms with Gasteiger partial charge in [0.15, 0.2) is 0 Å². The standard InChI is InChI=1S/C13H13NO2S/c15-13(16)12-8-10-5-4-9(3-1-2-6-17)7-11(10)14-12/h1,3-5,7-8,14,17H,2,6H2,(H,15,16). The van der Waals surface area contributed by atoms with Crippen LogP contribution in [0.15, 0.2) is 30.3 Å². The van der Waals surface area contributed by atoms with E-state index in [1.165, 1.54) is 0 Å². The van der Waals surface area contributed by atoms with Gasteiger partial charge in [0.25, 0.3) is 0 Å². The minimum Gasteiger partial charge on any atom is -0.477 e. The molecule has 0 fully saturated rings. The van der Waals surface area contributed by atoms with Crippen LogP contribution in [-0.2, 0) is 0 Å². The Balaban J connectivity index is 2.33. The Hall–Kier alpha value is -1.68. The van der Waals surface area contributed by atoms with E-state index in [-0.39, 0.29) is 5.69 Å². The minimum absolute atomic E-state index is 0.219. The Morgan fingerprint density at radius 1 is 1.41 bits per heavy atom. The summed E-state index contributed by atoms with van der Waals surface area (Å²) in [6.45, 7) is 0. The lowest BCUT2D eigenvalue weighted by Crippen LogP contribution is -1.94. The molecule has 0 aliphatic heterocycles. The van der Waals surface area contributed by atoms with Crippen LogP contribution >= 0.6 is 12.6 Å². The number of carbonyl (C=O) groups is 1. The lowest BCUT2D eigenvalue weighted by molar-refractivity contribution is 0.0691. The van der Waals surface area contributed by atoms with Gasteiger partial charge in [-0.15, -0.1) is 0 Å². The minimum atomic E-state index is -0.937. The second kappa shape index (κ2) is 5.10. The number of thiol groups is 1. The van der Waals surface area contributed by atoms with Crippen LogP contribution in [0, 0.1) is 0 Å². The Kier molecular flexibility index (Phi) is 3.54. The first-order valence-electron chi connectivity index (χ1n) is 5.34. The summed E-state index contributed by atoms with van der Waals surface area (Å²) in [5.41, 5.74) is 2.12. The van der Waals surface area contributed by atoms with Crippen LogP contribution in [0.25, 0.3) is 17.0 Å². The van der Waals surface area contributed by atoms with Gasteiger partial charge in [-0.2, -0.15) is 12.6 Å². The molecule has 4 heteroatoms. The first-order chi connectivity index (χ1) is 8.20. The lowest BCUT2D eigenvalue weighted by atomic mass is 10.1. The fourth-order valence-electron chi connectivity index (χ4n) is 1.66. The average molecular weight is 247 g/mol. The number of H-pyrrole nitrogens is 1. The van der Waals surface area contributed by atoms with Gasteiger partial charge in [0.05, 0.1) is 0 Å². The van der Waals surface area contributed by atoms with Crippen molar-refractivity contribution < 1.29 is 9.90 Å². The topological polar surface area (TPSA) is 53.1 Å². The molecular weight excluding hydrogens is 234 g/mol. The van der Waals surface area contributed by atoms with Crippen molar-refractivity contribution >= 4 is 35.6 Å². The highest BCUT2D eigenvalue weighted by Gasteiger charge is 2.06. The molecule has 2 aromatic rings. The molecule has 1 heterocycles. The molecule has 0 bridgehead atoms. The maximum absolute atomic E-state index is 10.8. The van der Waals surface area contributed by atoms with Crippen LogP contribution in [-0.4, -0.2) is 21.8 Å². The maximum Gasteiger partial charge on any atom is 0.352 e. The second-order valence-electron chi connectivity index (χ2n) is 3.75. The number of hydrogen-bond donors (Lipinski definition) is 3. The van der Waals surface area contributed by atoms with Gasteiger partial charge in [0.2, 0.25) is 0 Å². The number of fused-ring (bicyclic) bond motifs is 1. The zero-order chi connectivity index (χ0) is 12.3. The van der Waals surface area contributed by atoms with Gasteiger partial charge in [-0.1, -0.05) is 24.3 Å². The van der Waals surface area contributed by atoms with E-state index in [1.54, 1.807) is 6.07 Å². The van der Waals surface area contributed by atoms with Crippen molar-refractivity contribution in [1.82, 2.24) is 4.98 Å². The van der Waals surface area contributed by atoms with Gasteiger partial charge >= 0.3 is 5.97 Å². The van der Waals surface area contributed by atoms with Gasteiger partial charge < -0.3 is 10.1 Å². The number of aromatic amines is 1. The molecule has 1 aromatic heterocycles. The molecule has 0 spiro atoms. The molecule has 0 aliphatic carbocycles. The van der Waals surface area contributed by atoms with Crippen molar-refractivity contribution in [2.45, 2.75) is 6.42 Å². The molecule has 0 aliphatic rings. The Morgan fingerprint density at radius 3 is 2.94 bits per heavy atom. The lowest BCUT2D eigenvalue weighted by Gasteiger charge is -1.94. The summed E-state index contributed by atoms with van der Waals surface area (Å²) < 4.78 is 0. The smallest absolute Gasteiger partial charge is 0.352 e. The molecule has 0 atom stereocenters. The molecule has 0 saturated heterocycles. The summed E-state index contributed by atoms with van der Waals surface area (Å²) in [5, 5.41) is 9.79. The van der Waals surface area contributed by atoms with Crippen molar-refractivity contribution in [3.05, 3.63) is 41.6 Å². The van der Waals surface area contributed by atoms with Crippen molar-refractivity contribution in [3.63, 3.8) is 0 Å². The van der Waals surface area contributed by atoms with Crippen LogP contribution in [0.2, 0.25) is 0 Å². The zero-order valence-corrected chi connectivity index (χ0v) is 10.1. The molecule has 0 unspecified atom stereocenters. The first kappa shape index (κ1) is 11.8. The summed E-state index contributed by atoms with van der Waals surface area (Å²) in [6.07, 6.45) is 4.98. The molecule has 0 radical (unpaired) electrons. The number of aromatic nitrogens is 1. The summed E-state index contributed by atoms with van der Waals surface area (Å²) >= 11 is 4.13. The predicted molar refractivity (Wildman–Crippen MR) is 72.8 cm³/mol. The van der Waals surface area contributed by atoms with Crippen molar-refractivity contribution in [1.29, 1.82) is 0 Å². The number of benzene rings is 1. The van der Waals surface area contributed by atoms with Gasteiger partial charge in [-0.25, -0.2) is 4.79 Å². The number of nitrogens with one attached hydrogen (secondary N) is 1. The zero-order valence-electron chi connectivity index (χ0n) is 9.18. The largest absolute Gasteiger partial charge is 0.477 e. The highest BCUT2D eigenvalue weighted by molar-refractivity contribution is 7.80. The molecule has 2 rings (SSSR count). The summed E-state index contributed by atoms with van der Waals surface area (Å²) in [5.74, 6) is -0.113. The third-order valence-electron chi connectivity index (χ3n) is 2.48. The van der Waals surface area contributed by atoms with E-state index in [1.807, 2.05) is 24.3 Å². The van der Waals surface area contributed by atoms with Crippen LogP contribution in [0.1, 0.15) is 22.5 Å². The summed E-state index contributed by atoms with van der Waals surface area (Å²) in [6, 6.07) is 7.46. The fraction of sp³-hybridized carbons (Fsp3) is 0.154. The van der Waals surface area contributed by atoms with E-state index in [2.05, 4.69) is 23.7 Å². The summed E-state index contributed by atoms with van der Waals surface area (Å²) in [7, 11) is 0. The molecule has 0 saturated carbocycles. The van der Waals surface area contributed by atoms with Crippen LogP contribution < -0.4 is 0 Å². The molecule has 17 heavy (non-hydrogen) atoms. The third kappa shape index (κ3) is 2.71. The van der Waals surface area contributed by atoms with Crippen molar-refractivity contribution in [2.75, 3.05) is 5.75 Å². The highest BCUT2D eigenvalue weighted by Crippen LogP contribution is 2.18. The van der Waals surface area contributed by atoms with Crippen molar-refractivity contribution in [3.8, 4) is 0 Å². The first-order valence-corrected chi connectivity index (χ1v) is 5.97. The Morgan fingerprint density at radius 2 is 2.24 bits per heavy atom. The van der Waals surface area contributed by atoms with Gasteiger partial charge in [0.1, 0.15) is 5.69 Å². The second-order valence-corrected chi connectivity index (χ2v) is 4.20. The van der Waals surface area contributed by atoms with Crippen molar-refractivity contribution in [2.24, 2.45) is 0 Å². The van der Waals surface area contributed by atoms with E-state index in [9.17, 15) is 4.79 Å². The Bertz CT molecular complexity index is 572. The van der Waals surface area contributed by atoms with E-state index in [0.717, 1.165) is 28.6 Å². The monoisotopic (exact) mass is 247 g/mol. The number of carboxylic acids is 1. The SMILES string of the molecule is O=C(O)c1cc2ccc(C=CCCS)cc2[nH]1. The molecule has 1 aromatic carbocycles. The predicted octanol–water partition coefficient (Wildman–Crippen LogP) is 3.20. The van der Waals surface area contributed by atoms with Crippen LogP contribution in [0.5, 0.6) is 0 Å². The fourth-order valence-corrected chi connectivity index (χ4v) is 1.81. The number of aromatic carboxylic acids is 1. The average Bonchev–Trinajstić information content (AvgIpc) is 2.72. The van der Waals surface area contributed by atoms with E-state index < -0.39 is 5.97 Å². The van der Waals surface area contributed by atoms with Crippen LogP contribution in [0.3, 0.4) is 0 Å². The molecular formula is C13H13NO2S. The van der Waals surface area contributed by atoms with Gasteiger partial charge in [-0.05, 0) is 29.9 Å². The van der Waals surface area contributed by atoms with Gasteiger partial charge in [0, 0.05) is 10.9 Å². The number of rotatable bonds is 4. The van der Waals surface area contributed by atoms with E-state index in [0.29, 0.717) is 0 Å². The van der Waals surface area contributed by atoms with E-state index in [4.69, 9.17) is 5.11 Å². The quantitative estimate of drug-likeness (QED) is 0.727. The normalized spacial score (nSPS) is 11.4. The molecule has 0 amide bonds. The highest BCUT2D eigenvalue weighted by atomic mass is 32.1. The van der Waals surface area contributed by atoms with E-state index >= 15 is 0 Å². The number of hydrogen-bond acceptors (Lipinski definition) is 2. The molecule has 3 nitrogen and oxygen atoms in total. The number of allylic oxidation sites excluding steroid dienone is 1. The summed E-state index contributed by atoms with van der Waals surface area (Å²) in [4.78, 5) is 13.7. The van der Waals surface area contributed by atoms with Gasteiger partial charge in [-0.3, -0.25) is 0 Å². The molecule has 88 valence electrons. The molecule has 2 N–H and O–H groups in total. The number of carboxylic acid groups (broad SMARTS) is 1.